The molecule has 1 aromatic heterocycles. The number of tetrazole rings is 1. The summed E-state index contributed by atoms with van der Waals surface area (Å²) < 4.78 is 126. The average molecular weight is 696 g/mol. The number of halogens is 9. The second-order valence-electron chi connectivity index (χ2n) is 11.6. The largest absolute Gasteiger partial charge is 0.573 e. The number of carbonyl (C=O) groups excluding carboxylic acids is 1. The third-order valence-electron chi connectivity index (χ3n) is 8.11. The Hall–Kier alpha value is -4.25. The van der Waals surface area contributed by atoms with Crippen LogP contribution in [0, 0.1) is 11.8 Å². The van der Waals surface area contributed by atoms with E-state index in [9.17, 15) is 44.3 Å². The third-order valence-corrected chi connectivity index (χ3v) is 8.11. The highest BCUT2D eigenvalue weighted by Crippen LogP contribution is 2.38. The van der Waals surface area contributed by atoms with Crippen LogP contribution >= 0.6 is 0 Å². The van der Waals surface area contributed by atoms with Gasteiger partial charge in [-0.3, -0.25) is 4.79 Å². The summed E-state index contributed by atoms with van der Waals surface area (Å²) in [6, 6.07) is 4.80. The Bertz CT molecular complexity index is 1520. The molecule has 3 aromatic rings. The van der Waals surface area contributed by atoms with Crippen LogP contribution in [0.5, 0.6) is 5.75 Å². The molecule has 48 heavy (non-hydrogen) atoms. The lowest BCUT2D eigenvalue weighted by Gasteiger charge is -2.34. The SMILES string of the molecule is CCN(CC1CCC(C(=O)NC)CC1)c1ccc(OC(F)(F)F)cc1CN(Cc1cc(C(F)(F)F)cc(C(F)(F)F)c1)c1nnn(C)n1. The molecule has 0 unspecified atom stereocenters. The predicted octanol–water partition coefficient (Wildman–Crippen LogP) is 6.73. The lowest BCUT2D eigenvalue weighted by atomic mass is 9.81. The minimum atomic E-state index is -5.09. The quantitative estimate of drug-likeness (QED) is 0.223. The van der Waals surface area contributed by atoms with E-state index in [-0.39, 0.29) is 41.9 Å². The molecule has 18 heteroatoms. The number of aromatic nitrogens is 4. The van der Waals surface area contributed by atoms with Gasteiger partial charge in [-0.25, -0.2) is 0 Å². The van der Waals surface area contributed by atoms with E-state index in [4.69, 9.17) is 0 Å². The number of alkyl halides is 9. The molecule has 2 aromatic carbocycles. The maximum atomic E-state index is 13.6. The predicted molar refractivity (Wildman–Crippen MR) is 156 cm³/mol. The van der Waals surface area contributed by atoms with E-state index in [0.29, 0.717) is 43.8 Å². The fourth-order valence-electron chi connectivity index (χ4n) is 5.85. The fourth-order valence-corrected chi connectivity index (χ4v) is 5.85. The Morgan fingerprint density at radius 1 is 0.917 bits per heavy atom. The molecular weight excluding hydrogens is 661 g/mol. The van der Waals surface area contributed by atoms with Gasteiger partial charge in [0.05, 0.1) is 18.2 Å². The van der Waals surface area contributed by atoms with E-state index in [1.54, 1.807) is 7.05 Å². The number of nitrogens with zero attached hydrogens (tertiary/aromatic N) is 6. The monoisotopic (exact) mass is 695 g/mol. The van der Waals surface area contributed by atoms with Gasteiger partial charge in [0.2, 0.25) is 5.91 Å². The van der Waals surface area contributed by atoms with Crippen LogP contribution in [0.1, 0.15) is 54.9 Å². The van der Waals surface area contributed by atoms with E-state index in [1.165, 1.54) is 18.0 Å². The molecule has 0 spiro atoms. The summed E-state index contributed by atoms with van der Waals surface area (Å²) in [7, 11) is 2.96. The van der Waals surface area contributed by atoms with Gasteiger partial charge in [-0.2, -0.15) is 31.1 Å². The second-order valence-corrected chi connectivity index (χ2v) is 11.6. The van der Waals surface area contributed by atoms with Crippen LogP contribution in [0.3, 0.4) is 0 Å². The molecule has 0 radical (unpaired) electrons. The Morgan fingerprint density at radius 2 is 1.54 bits per heavy atom. The summed E-state index contributed by atoms with van der Waals surface area (Å²) in [5.41, 5.74) is -2.76. The first kappa shape index (κ1) is 36.6. The van der Waals surface area contributed by atoms with E-state index < -0.39 is 47.7 Å². The average Bonchev–Trinajstić information content (AvgIpc) is 3.44. The molecule has 1 fully saturated rings. The first-order valence-corrected chi connectivity index (χ1v) is 15.0. The topological polar surface area (TPSA) is 88.4 Å². The minimum absolute atomic E-state index is 0.00568. The van der Waals surface area contributed by atoms with E-state index >= 15 is 0 Å². The van der Waals surface area contributed by atoms with Crippen LogP contribution in [0.4, 0.5) is 51.1 Å². The Morgan fingerprint density at radius 3 is 2.04 bits per heavy atom. The van der Waals surface area contributed by atoms with Crippen molar-refractivity contribution in [1.82, 2.24) is 25.5 Å². The zero-order valence-corrected chi connectivity index (χ0v) is 26.2. The van der Waals surface area contributed by atoms with Gasteiger partial charge < -0.3 is 19.9 Å². The highest BCUT2D eigenvalue weighted by atomic mass is 19.4. The molecule has 1 saturated carbocycles. The van der Waals surface area contributed by atoms with Crippen molar-refractivity contribution in [3.8, 4) is 5.75 Å². The first-order valence-electron chi connectivity index (χ1n) is 15.0. The van der Waals surface area contributed by atoms with Crippen molar-refractivity contribution in [2.45, 2.75) is 64.4 Å². The number of amides is 1. The smallest absolute Gasteiger partial charge is 0.406 e. The van der Waals surface area contributed by atoms with E-state index in [1.807, 2.05) is 11.8 Å². The van der Waals surface area contributed by atoms with Crippen molar-refractivity contribution in [3.63, 3.8) is 0 Å². The Labute approximate surface area is 270 Å². The number of ether oxygens (including phenoxy) is 1. The molecule has 0 aliphatic heterocycles. The Kier molecular flexibility index (Phi) is 11.0. The van der Waals surface area contributed by atoms with Crippen molar-refractivity contribution < 1.29 is 49.0 Å². The van der Waals surface area contributed by atoms with E-state index in [2.05, 4.69) is 25.5 Å². The van der Waals surface area contributed by atoms with Crippen LogP contribution in [-0.4, -0.2) is 52.6 Å². The number of aryl methyl sites for hydroxylation is 1. The third kappa shape index (κ3) is 9.65. The van der Waals surface area contributed by atoms with Gasteiger partial charge in [0.15, 0.2) is 0 Å². The van der Waals surface area contributed by atoms with Gasteiger partial charge in [-0.1, -0.05) is 5.10 Å². The molecule has 9 nitrogen and oxygen atoms in total. The van der Waals surface area contributed by atoms with Crippen molar-refractivity contribution in [3.05, 3.63) is 58.7 Å². The maximum Gasteiger partial charge on any atom is 0.573 e. The van der Waals surface area contributed by atoms with Crippen LogP contribution in [0.2, 0.25) is 0 Å². The molecule has 1 aliphatic rings. The van der Waals surface area contributed by atoms with E-state index in [0.717, 1.165) is 29.8 Å². The van der Waals surface area contributed by atoms with Crippen LogP contribution in [0.15, 0.2) is 36.4 Å². The van der Waals surface area contributed by atoms with Gasteiger partial charge in [0, 0.05) is 44.8 Å². The normalized spacial score (nSPS) is 17.2. The Balaban J connectivity index is 1.73. The molecule has 0 saturated heterocycles. The highest BCUT2D eigenvalue weighted by Gasteiger charge is 2.37. The maximum absolute atomic E-state index is 13.6. The molecule has 0 atom stereocenters. The molecule has 1 heterocycles. The summed E-state index contributed by atoms with van der Waals surface area (Å²) >= 11 is 0. The number of hydrogen-bond donors (Lipinski definition) is 1. The summed E-state index contributed by atoms with van der Waals surface area (Å²) in [5, 5.41) is 14.3. The number of carbonyl (C=O) groups is 1. The molecule has 1 N–H and O–H groups in total. The summed E-state index contributed by atoms with van der Waals surface area (Å²) in [4.78, 5) is 16.3. The summed E-state index contributed by atoms with van der Waals surface area (Å²) in [6.07, 6.45) is -12.4. The van der Waals surface area contributed by atoms with Crippen molar-refractivity contribution in [2.24, 2.45) is 18.9 Å². The number of hydrogen-bond acceptors (Lipinski definition) is 7. The van der Waals surface area contributed by atoms with Crippen molar-refractivity contribution in [1.29, 1.82) is 0 Å². The van der Waals surface area contributed by atoms with Gasteiger partial charge in [0.1, 0.15) is 5.75 Å². The van der Waals surface area contributed by atoms with Gasteiger partial charge >= 0.3 is 18.7 Å². The lowest BCUT2D eigenvalue weighted by Crippen LogP contribution is -2.35. The number of rotatable bonds is 11. The zero-order chi connectivity index (χ0) is 35.4. The van der Waals surface area contributed by atoms with Crippen LogP contribution in [-0.2, 0) is 37.3 Å². The number of benzene rings is 2. The number of nitrogens with one attached hydrogen (secondary N) is 1. The van der Waals surface area contributed by atoms with Crippen LogP contribution in [0.25, 0.3) is 0 Å². The van der Waals surface area contributed by atoms with Gasteiger partial charge in [-0.05, 0) is 91.3 Å². The van der Waals surface area contributed by atoms with Crippen LogP contribution < -0.4 is 19.9 Å². The molecule has 4 rings (SSSR count). The molecule has 264 valence electrons. The molecule has 1 amide bonds. The highest BCUT2D eigenvalue weighted by molar-refractivity contribution is 5.78. The first-order chi connectivity index (χ1) is 22.4. The molecule has 0 bridgehead atoms. The number of anilines is 2. The summed E-state index contributed by atoms with van der Waals surface area (Å²) in [6.45, 7) is 1.80. The lowest BCUT2D eigenvalue weighted by molar-refractivity contribution is -0.274. The van der Waals surface area contributed by atoms with Gasteiger partial charge in [-0.15, -0.1) is 18.3 Å². The van der Waals surface area contributed by atoms with Crippen molar-refractivity contribution >= 4 is 17.5 Å². The standard InChI is InChI=1S/C30H34F9N7O2/c1-4-45(15-18-5-7-20(8-6-18)26(47)40-2)25-10-9-24(48-30(37,38)39)13-21(25)17-46(27-41-43-44(3)42-27)16-19-11-22(28(31,32)33)14-23(12-19)29(34,35)36/h9-14,18,20H,4-8,15-17H2,1-3H3,(H,40,47). The molecular formula is C30H34F9N7O2. The fraction of sp³-hybridized carbons (Fsp3) is 0.533. The van der Waals surface area contributed by atoms with Crippen molar-refractivity contribution in [2.75, 3.05) is 29.9 Å². The van der Waals surface area contributed by atoms with Gasteiger partial charge in [0.25, 0.3) is 5.95 Å². The zero-order valence-electron chi connectivity index (χ0n) is 26.2. The minimum Gasteiger partial charge on any atom is -0.406 e. The summed E-state index contributed by atoms with van der Waals surface area (Å²) in [5.74, 6) is -0.768. The second kappa shape index (κ2) is 14.5. The molecule has 1 aliphatic carbocycles.